The monoisotopic (exact) mass is 228 g/mol. The van der Waals surface area contributed by atoms with Crippen molar-refractivity contribution in [1.82, 2.24) is 10.6 Å². The smallest absolute Gasteiger partial charge is 0.233 e. The Bertz CT molecular complexity index is 209. The van der Waals surface area contributed by atoms with E-state index in [1.165, 1.54) is 19.3 Å². The Morgan fingerprint density at radius 2 is 2.25 bits per heavy atom. The maximum absolute atomic E-state index is 11.5. The summed E-state index contributed by atoms with van der Waals surface area (Å²) in [6, 6.07) is 0. The van der Waals surface area contributed by atoms with Gasteiger partial charge in [-0.05, 0) is 18.3 Å². The van der Waals surface area contributed by atoms with E-state index in [0.717, 1.165) is 19.0 Å². The fourth-order valence-electron chi connectivity index (χ4n) is 2.21. The molecule has 1 aliphatic rings. The SMILES string of the molecule is COCCNCC(=O)NCC1CCCC1C. The molecule has 1 rings (SSSR count). The zero-order chi connectivity index (χ0) is 11.8. The first-order valence-electron chi connectivity index (χ1n) is 6.20. The summed E-state index contributed by atoms with van der Waals surface area (Å²) in [4.78, 5) is 11.5. The molecule has 4 nitrogen and oxygen atoms in total. The standard InChI is InChI=1S/C12H24N2O2/c1-10-4-3-5-11(10)8-14-12(15)9-13-6-7-16-2/h10-11,13H,3-9H2,1-2H3,(H,14,15). The van der Waals surface area contributed by atoms with Crippen LogP contribution in [0.5, 0.6) is 0 Å². The predicted octanol–water partition coefficient (Wildman–Crippen LogP) is 0.775. The van der Waals surface area contributed by atoms with Gasteiger partial charge >= 0.3 is 0 Å². The fourth-order valence-corrected chi connectivity index (χ4v) is 2.21. The third-order valence-corrected chi connectivity index (χ3v) is 3.37. The molecule has 0 saturated heterocycles. The highest BCUT2D eigenvalue weighted by Crippen LogP contribution is 2.30. The lowest BCUT2D eigenvalue weighted by atomic mass is 9.98. The van der Waals surface area contributed by atoms with Crippen LogP contribution in [-0.2, 0) is 9.53 Å². The van der Waals surface area contributed by atoms with Crippen LogP contribution in [0.1, 0.15) is 26.2 Å². The Morgan fingerprint density at radius 1 is 1.44 bits per heavy atom. The second-order valence-electron chi connectivity index (χ2n) is 4.64. The summed E-state index contributed by atoms with van der Waals surface area (Å²) in [5.74, 6) is 1.54. The third kappa shape index (κ3) is 4.94. The molecule has 16 heavy (non-hydrogen) atoms. The van der Waals surface area contributed by atoms with Crippen LogP contribution in [0, 0.1) is 11.8 Å². The molecular formula is C12H24N2O2. The first-order chi connectivity index (χ1) is 7.74. The van der Waals surface area contributed by atoms with E-state index in [-0.39, 0.29) is 5.91 Å². The molecule has 1 aliphatic carbocycles. The molecule has 94 valence electrons. The molecule has 1 amide bonds. The molecule has 0 aliphatic heterocycles. The molecule has 0 radical (unpaired) electrons. The van der Waals surface area contributed by atoms with Crippen LogP contribution in [0.2, 0.25) is 0 Å². The third-order valence-electron chi connectivity index (χ3n) is 3.37. The molecule has 0 aromatic rings. The van der Waals surface area contributed by atoms with Crippen LogP contribution >= 0.6 is 0 Å². The molecule has 0 aromatic carbocycles. The van der Waals surface area contributed by atoms with Gasteiger partial charge in [0.25, 0.3) is 0 Å². The molecule has 0 bridgehead atoms. The first-order valence-corrected chi connectivity index (χ1v) is 6.20. The summed E-state index contributed by atoms with van der Waals surface area (Å²) < 4.78 is 4.88. The van der Waals surface area contributed by atoms with Crippen molar-refractivity contribution in [1.29, 1.82) is 0 Å². The van der Waals surface area contributed by atoms with Crippen LogP contribution in [0.4, 0.5) is 0 Å². The van der Waals surface area contributed by atoms with Gasteiger partial charge in [0.15, 0.2) is 0 Å². The molecule has 4 heteroatoms. The zero-order valence-electron chi connectivity index (χ0n) is 10.4. The van der Waals surface area contributed by atoms with Gasteiger partial charge in [-0.1, -0.05) is 19.8 Å². The highest BCUT2D eigenvalue weighted by molar-refractivity contribution is 5.77. The second-order valence-corrected chi connectivity index (χ2v) is 4.64. The van der Waals surface area contributed by atoms with Crippen LogP contribution in [0.15, 0.2) is 0 Å². The van der Waals surface area contributed by atoms with E-state index in [4.69, 9.17) is 4.74 Å². The van der Waals surface area contributed by atoms with E-state index >= 15 is 0 Å². The van der Waals surface area contributed by atoms with Crippen molar-refractivity contribution in [2.45, 2.75) is 26.2 Å². The molecule has 2 N–H and O–H groups in total. The van der Waals surface area contributed by atoms with Crippen molar-refractivity contribution < 1.29 is 9.53 Å². The molecule has 0 spiro atoms. The summed E-state index contributed by atoms with van der Waals surface area (Å²) in [5.41, 5.74) is 0. The maximum atomic E-state index is 11.5. The van der Waals surface area contributed by atoms with Crippen molar-refractivity contribution in [2.75, 3.05) is 33.4 Å². The average Bonchev–Trinajstić information content (AvgIpc) is 2.67. The van der Waals surface area contributed by atoms with E-state index in [9.17, 15) is 4.79 Å². The van der Waals surface area contributed by atoms with Crippen LogP contribution < -0.4 is 10.6 Å². The Hall–Kier alpha value is -0.610. The Morgan fingerprint density at radius 3 is 2.88 bits per heavy atom. The number of nitrogens with one attached hydrogen (secondary N) is 2. The van der Waals surface area contributed by atoms with Gasteiger partial charge in [-0.2, -0.15) is 0 Å². The minimum Gasteiger partial charge on any atom is -0.383 e. The van der Waals surface area contributed by atoms with E-state index < -0.39 is 0 Å². The van der Waals surface area contributed by atoms with Gasteiger partial charge < -0.3 is 15.4 Å². The number of hydrogen-bond donors (Lipinski definition) is 2. The number of amides is 1. The summed E-state index contributed by atoms with van der Waals surface area (Å²) in [6.07, 6.45) is 3.89. The van der Waals surface area contributed by atoms with Gasteiger partial charge in [-0.25, -0.2) is 0 Å². The van der Waals surface area contributed by atoms with Crippen LogP contribution in [0.3, 0.4) is 0 Å². The van der Waals surface area contributed by atoms with E-state index in [1.54, 1.807) is 7.11 Å². The van der Waals surface area contributed by atoms with Crippen molar-refractivity contribution in [3.05, 3.63) is 0 Å². The lowest BCUT2D eigenvalue weighted by molar-refractivity contribution is -0.120. The van der Waals surface area contributed by atoms with Gasteiger partial charge in [0.05, 0.1) is 13.2 Å². The minimum absolute atomic E-state index is 0.0928. The van der Waals surface area contributed by atoms with Crippen LogP contribution in [-0.4, -0.2) is 39.3 Å². The van der Waals surface area contributed by atoms with Crippen molar-refractivity contribution in [3.63, 3.8) is 0 Å². The molecule has 1 saturated carbocycles. The van der Waals surface area contributed by atoms with Gasteiger partial charge in [-0.3, -0.25) is 4.79 Å². The Kier molecular flexibility index (Phi) is 6.42. The van der Waals surface area contributed by atoms with Gasteiger partial charge in [-0.15, -0.1) is 0 Å². The average molecular weight is 228 g/mol. The number of rotatable bonds is 7. The quantitative estimate of drug-likeness (QED) is 0.633. The normalized spacial score (nSPS) is 24.6. The molecule has 0 heterocycles. The van der Waals surface area contributed by atoms with Crippen LogP contribution in [0.25, 0.3) is 0 Å². The number of carbonyl (C=O) groups excluding carboxylic acids is 1. The number of carbonyl (C=O) groups is 1. The van der Waals surface area contributed by atoms with Gasteiger partial charge in [0.2, 0.25) is 5.91 Å². The Balaban J connectivity index is 2.01. The molecule has 1 fully saturated rings. The topological polar surface area (TPSA) is 50.4 Å². The number of methoxy groups -OCH3 is 1. The molecule has 0 aromatic heterocycles. The lowest BCUT2D eigenvalue weighted by Gasteiger charge is -2.15. The van der Waals surface area contributed by atoms with Gasteiger partial charge in [0.1, 0.15) is 0 Å². The summed E-state index contributed by atoms with van der Waals surface area (Å²) in [5, 5.41) is 6.03. The highest BCUT2D eigenvalue weighted by atomic mass is 16.5. The number of hydrogen-bond acceptors (Lipinski definition) is 3. The fraction of sp³-hybridized carbons (Fsp3) is 0.917. The number of ether oxygens (including phenoxy) is 1. The minimum atomic E-state index is 0.0928. The highest BCUT2D eigenvalue weighted by Gasteiger charge is 2.23. The summed E-state index contributed by atoms with van der Waals surface area (Å²) in [7, 11) is 1.66. The van der Waals surface area contributed by atoms with Crippen molar-refractivity contribution in [2.24, 2.45) is 11.8 Å². The predicted molar refractivity (Wildman–Crippen MR) is 64.3 cm³/mol. The largest absolute Gasteiger partial charge is 0.383 e. The first kappa shape index (κ1) is 13.5. The summed E-state index contributed by atoms with van der Waals surface area (Å²) >= 11 is 0. The van der Waals surface area contributed by atoms with Crippen molar-refractivity contribution in [3.8, 4) is 0 Å². The van der Waals surface area contributed by atoms with E-state index in [2.05, 4.69) is 17.6 Å². The maximum Gasteiger partial charge on any atom is 0.233 e. The zero-order valence-corrected chi connectivity index (χ0v) is 10.4. The van der Waals surface area contributed by atoms with E-state index in [0.29, 0.717) is 19.1 Å². The lowest BCUT2D eigenvalue weighted by Crippen LogP contribution is -2.38. The van der Waals surface area contributed by atoms with E-state index in [1.807, 2.05) is 0 Å². The molecule has 2 atom stereocenters. The Labute approximate surface area is 98.1 Å². The second kappa shape index (κ2) is 7.63. The summed E-state index contributed by atoms with van der Waals surface area (Å²) in [6.45, 7) is 4.88. The van der Waals surface area contributed by atoms with Crippen molar-refractivity contribution >= 4 is 5.91 Å². The molecule has 2 unspecified atom stereocenters. The van der Waals surface area contributed by atoms with Gasteiger partial charge in [0, 0.05) is 20.2 Å². The molecular weight excluding hydrogens is 204 g/mol.